The molecule has 146 valence electrons. The van der Waals surface area contributed by atoms with Crippen LogP contribution >= 0.6 is 0 Å². The van der Waals surface area contributed by atoms with Crippen LogP contribution in [0.5, 0.6) is 5.88 Å². The van der Waals surface area contributed by atoms with Gasteiger partial charge in [0.2, 0.25) is 5.88 Å². The van der Waals surface area contributed by atoms with Crippen molar-refractivity contribution in [3.05, 3.63) is 42.1 Å². The van der Waals surface area contributed by atoms with Gasteiger partial charge in [0.25, 0.3) is 5.91 Å². The number of nitrogens with two attached hydrogens (primary N) is 1. The number of ether oxygens (including phenoxy) is 1. The highest BCUT2D eigenvalue weighted by atomic mass is 16.5. The lowest BCUT2D eigenvalue weighted by atomic mass is 10.2. The summed E-state index contributed by atoms with van der Waals surface area (Å²) >= 11 is 0. The van der Waals surface area contributed by atoms with E-state index in [0.29, 0.717) is 23.8 Å². The number of amides is 1. The molecule has 3 heterocycles. The molecule has 27 heavy (non-hydrogen) atoms. The molecule has 0 spiro atoms. The van der Waals surface area contributed by atoms with Crippen molar-refractivity contribution in [1.29, 1.82) is 0 Å². The van der Waals surface area contributed by atoms with Gasteiger partial charge in [-0.2, -0.15) is 4.98 Å². The number of aromatic nitrogens is 2. The number of anilines is 2. The van der Waals surface area contributed by atoms with Crippen molar-refractivity contribution in [2.75, 3.05) is 57.0 Å². The molecule has 0 aliphatic carbocycles. The standard InChI is InChI=1S/C18H24N6O2.H2O/c1-26-17-4-2-3-16(22-17)24-11-9-23(10-12-24)8-7-20-18(25)14-5-6-15(19)21-13-14;/h2-6,13H,7-12H2,1H3,(H2,19,21)(H,20,25);1H2. The van der Waals surface area contributed by atoms with E-state index in [9.17, 15) is 4.79 Å². The van der Waals surface area contributed by atoms with E-state index >= 15 is 0 Å². The molecular weight excluding hydrogens is 348 g/mol. The monoisotopic (exact) mass is 374 g/mol. The first-order valence-electron chi connectivity index (χ1n) is 8.64. The Morgan fingerprint density at radius 1 is 1.22 bits per heavy atom. The number of piperazine rings is 1. The summed E-state index contributed by atoms with van der Waals surface area (Å²) in [6, 6.07) is 9.10. The van der Waals surface area contributed by atoms with E-state index < -0.39 is 0 Å². The molecule has 9 heteroatoms. The molecule has 0 bridgehead atoms. The van der Waals surface area contributed by atoms with Crippen LogP contribution in [0.4, 0.5) is 11.6 Å². The molecule has 5 N–H and O–H groups in total. The van der Waals surface area contributed by atoms with Crippen LogP contribution < -0.4 is 20.7 Å². The lowest BCUT2D eigenvalue weighted by Gasteiger charge is -2.35. The van der Waals surface area contributed by atoms with E-state index in [1.54, 1.807) is 19.2 Å². The number of hydrogen-bond acceptors (Lipinski definition) is 7. The van der Waals surface area contributed by atoms with E-state index in [-0.39, 0.29) is 11.4 Å². The average Bonchev–Trinajstić information content (AvgIpc) is 2.69. The molecule has 0 atom stereocenters. The van der Waals surface area contributed by atoms with E-state index in [0.717, 1.165) is 38.5 Å². The number of methoxy groups -OCH3 is 1. The molecule has 1 saturated heterocycles. The minimum Gasteiger partial charge on any atom is -0.481 e. The molecule has 0 saturated carbocycles. The van der Waals surface area contributed by atoms with Crippen LogP contribution in [-0.2, 0) is 0 Å². The molecular formula is C18H26N6O3. The van der Waals surface area contributed by atoms with Gasteiger partial charge in [0.15, 0.2) is 0 Å². The molecule has 1 aliphatic heterocycles. The number of nitrogens with one attached hydrogen (secondary N) is 1. The third-order valence-electron chi connectivity index (χ3n) is 4.38. The molecule has 0 aromatic carbocycles. The highest BCUT2D eigenvalue weighted by Crippen LogP contribution is 2.17. The van der Waals surface area contributed by atoms with Gasteiger partial charge >= 0.3 is 0 Å². The van der Waals surface area contributed by atoms with E-state index in [1.807, 2.05) is 18.2 Å². The lowest BCUT2D eigenvalue weighted by Crippen LogP contribution is -2.48. The Hall–Kier alpha value is -2.91. The Morgan fingerprint density at radius 2 is 2.00 bits per heavy atom. The van der Waals surface area contributed by atoms with E-state index in [2.05, 4.69) is 25.1 Å². The van der Waals surface area contributed by atoms with Crippen LogP contribution in [0.2, 0.25) is 0 Å². The maximum atomic E-state index is 12.1. The molecule has 3 rings (SSSR count). The zero-order valence-electron chi connectivity index (χ0n) is 15.4. The molecule has 1 amide bonds. The maximum absolute atomic E-state index is 12.1. The second-order valence-electron chi connectivity index (χ2n) is 6.09. The van der Waals surface area contributed by atoms with Crippen LogP contribution in [0, 0.1) is 0 Å². The second-order valence-corrected chi connectivity index (χ2v) is 6.09. The quantitative estimate of drug-likeness (QED) is 0.716. The van der Waals surface area contributed by atoms with Crippen molar-refractivity contribution in [2.24, 2.45) is 0 Å². The SMILES string of the molecule is COc1cccc(N2CCN(CCNC(=O)c3ccc(N)nc3)CC2)n1.O. The summed E-state index contributed by atoms with van der Waals surface area (Å²) < 4.78 is 5.19. The van der Waals surface area contributed by atoms with Crippen molar-refractivity contribution in [1.82, 2.24) is 20.2 Å². The third kappa shape index (κ3) is 5.53. The highest BCUT2D eigenvalue weighted by Gasteiger charge is 2.18. The maximum Gasteiger partial charge on any atom is 0.252 e. The number of hydrogen-bond donors (Lipinski definition) is 2. The first-order chi connectivity index (χ1) is 12.7. The Kier molecular flexibility index (Phi) is 7.33. The predicted molar refractivity (Wildman–Crippen MR) is 104 cm³/mol. The largest absolute Gasteiger partial charge is 0.481 e. The fraction of sp³-hybridized carbons (Fsp3) is 0.389. The van der Waals surface area contributed by atoms with Gasteiger partial charge in [-0.05, 0) is 18.2 Å². The fourth-order valence-electron chi connectivity index (χ4n) is 2.86. The van der Waals surface area contributed by atoms with Crippen molar-refractivity contribution >= 4 is 17.5 Å². The predicted octanol–water partition coefficient (Wildman–Crippen LogP) is -0.205. The van der Waals surface area contributed by atoms with Crippen molar-refractivity contribution in [3.8, 4) is 5.88 Å². The molecule has 1 fully saturated rings. The zero-order valence-corrected chi connectivity index (χ0v) is 15.4. The average molecular weight is 374 g/mol. The first kappa shape index (κ1) is 20.4. The summed E-state index contributed by atoms with van der Waals surface area (Å²) in [7, 11) is 1.62. The minimum atomic E-state index is -0.128. The normalized spacial score (nSPS) is 14.3. The Bertz CT molecular complexity index is 732. The smallest absolute Gasteiger partial charge is 0.252 e. The molecule has 2 aromatic rings. The summed E-state index contributed by atoms with van der Waals surface area (Å²) in [5.74, 6) is 1.85. The molecule has 2 aromatic heterocycles. The highest BCUT2D eigenvalue weighted by molar-refractivity contribution is 5.93. The Balaban J connectivity index is 0.00000261. The van der Waals surface area contributed by atoms with Crippen molar-refractivity contribution in [2.45, 2.75) is 0 Å². The molecule has 0 unspecified atom stereocenters. The van der Waals surface area contributed by atoms with Crippen LogP contribution in [0.15, 0.2) is 36.5 Å². The number of nitrogen functional groups attached to an aromatic ring is 1. The van der Waals surface area contributed by atoms with Gasteiger partial charge in [0.05, 0.1) is 12.7 Å². The van der Waals surface area contributed by atoms with Crippen LogP contribution in [0.3, 0.4) is 0 Å². The minimum absolute atomic E-state index is 0. The summed E-state index contributed by atoms with van der Waals surface area (Å²) in [6.07, 6.45) is 1.49. The van der Waals surface area contributed by atoms with Crippen LogP contribution in [0.1, 0.15) is 10.4 Å². The van der Waals surface area contributed by atoms with Crippen LogP contribution in [-0.4, -0.2) is 72.6 Å². The van der Waals surface area contributed by atoms with Gasteiger partial charge in [-0.25, -0.2) is 4.98 Å². The summed E-state index contributed by atoms with van der Waals surface area (Å²) in [5.41, 5.74) is 6.05. The Labute approximate surface area is 158 Å². The van der Waals surface area contributed by atoms with Gasteiger partial charge < -0.3 is 26.2 Å². The van der Waals surface area contributed by atoms with Gasteiger partial charge in [0.1, 0.15) is 11.6 Å². The summed E-state index contributed by atoms with van der Waals surface area (Å²) in [5, 5.41) is 2.92. The van der Waals surface area contributed by atoms with Gasteiger partial charge in [-0.1, -0.05) is 6.07 Å². The number of carbonyl (C=O) groups is 1. The summed E-state index contributed by atoms with van der Waals surface area (Å²) in [6.45, 7) is 5.07. The van der Waals surface area contributed by atoms with Crippen molar-refractivity contribution < 1.29 is 15.0 Å². The van der Waals surface area contributed by atoms with Gasteiger partial charge in [-0.3, -0.25) is 9.69 Å². The third-order valence-corrected chi connectivity index (χ3v) is 4.38. The topological polar surface area (TPSA) is 128 Å². The second kappa shape index (κ2) is 9.70. The lowest BCUT2D eigenvalue weighted by molar-refractivity contribution is 0.0947. The Morgan fingerprint density at radius 3 is 2.67 bits per heavy atom. The number of nitrogens with zero attached hydrogens (tertiary/aromatic N) is 4. The molecule has 9 nitrogen and oxygen atoms in total. The van der Waals surface area contributed by atoms with E-state index in [4.69, 9.17) is 10.5 Å². The van der Waals surface area contributed by atoms with Gasteiger partial charge in [0, 0.05) is 51.5 Å². The van der Waals surface area contributed by atoms with Crippen LogP contribution in [0.25, 0.3) is 0 Å². The van der Waals surface area contributed by atoms with E-state index in [1.165, 1.54) is 6.20 Å². The zero-order chi connectivity index (χ0) is 18.4. The van der Waals surface area contributed by atoms with Gasteiger partial charge in [-0.15, -0.1) is 0 Å². The van der Waals surface area contributed by atoms with Crippen molar-refractivity contribution in [3.63, 3.8) is 0 Å². The summed E-state index contributed by atoms with van der Waals surface area (Å²) in [4.78, 5) is 25.0. The number of pyridine rings is 2. The number of rotatable bonds is 6. The molecule has 1 aliphatic rings. The fourth-order valence-corrected chi connectivity index (χ4v) is 2.86. The first-order valence-corrected chi connectivity index (χ1v) is 8.64. The molecule has 0 radical (unpaired) electrons. The number of carbonyl (C=O) groups excluding carboxylic acids is 1.